The average Bonchev–Trinajstić information content (AvgIpc) is 2.72. The Morgan fingerprint density at radius 2 is 1.65 bits per heavy atom. The zero-order valence-electron chi connectivity index (χ0n) is 18.0. The Hall–Kier alpha value is -2.23. The van der Waals surface area contributed by atoms with Crippen molar-refractivity contribution in [1.82, 2.24) is 4.31 Å². The summed E-state index contributed by atoms with van der Waals surface area (Å²) < 4.78 is 50.0. The molecule has 0 aliphatic carbocycles. The molecule has 0 fully saturated rings. The Balaban J connectivity index is 1.89. The SMILES string of the molecule is CCN(CC)S(=O)(=O)c1ccc2c(c1)CCCN2C(=O)c1ccc(CS(C)(=O)=O)cc1. The molecule has 3 rings (SSSR count). The van der Waals surface area contributed by atoms with Crippen LogP contribution in [0.1, 0.15) is 41.8 Å². The van der Waals surface area contributed by atoms with Gasteiger partial charge in [-0.15, -0.1) is 0 Å². The number of amides is 1. The van der Waals surface area contributed by atoms with Crippen LogP contribution in [-0.4, -0.2) is 52.9 Å². The summed E-state index contributed by atoms with van der Waals surface area (Å²) in [6, 6.07) is 11.5. The number of carbonyl (C=O) groups is 1. The van der Waals surface area contributed by atoms with E-state index in [2.05, 4.69) is 0 Å². The predicted octanol–water partition coefficient (Wildman–Crippen LogP) is 2.85. The van der Waals surface area contributed by atoms with Gasteiger partial charge in [0, 0.05) is 37.1 Å². The highest BCUT2D eigenvalue weighted by Crippen LogP contribution is 2.31. The Kier molecular flexibility index (Phi) is 6.88. The molecule has 1 amide bonds. The van der Waals surface area contributed by atoms with E-state index in [1.807, 2.05) is 0 Å². The van der Waals surface area contributed by atoms with Crippen LogP contribution in [0.4, 0.5) is 5.69 Å². The fraction of sp³-hybridized carbons (Fsp3) is 0.409. The van der Waals surface area contributed by atoms with E-state index in [1.54, 1.807) is 61.2 Å². The Labute approximate surface area is 184 Å². The van der Waals surface area contributed by atoms with Crippen LogP contribution < -0.4 is 4.90 Å². The zero-order chi connectivity index (χ0) is 22.8. The number of anilines is 1. The minimum Gasteiger partial charge on any atom is -0.308 e. The summed E-state index contributed by atoms with van der Waals surface area (Å²) in [4.78, 5) is 15.0. The average molecular weight is 465 g/mol. The first-order chi connectivity index (χ1) is 14.6. The summed E-state index contributed by atoms with van der Waals surface area (Å²) >= 11 is 0. The molecule has 1 heterocycles. The summed E-state index contributed by atoms with van der Waals surface area (Å²) in [5, 5.41) is 0. The van der Waals surface area contributed by atoms with Crippen LogP contribution in [0.2, 0.25) is 0 Å². The monoisotopic (exact) mass is 464 g/mol. The van der Waals surface area contributed by atoms with E-state index in [0.717, 1.165) is 17.7 Å². The van der Waals surface area contributed by atoms with Crippen LogP contribution in [0.25, 0.3) is 0 Å². The maximum Gasteiger partial charge on any atom is 0.258 e. The molecule has 0 atom stereocenters. The lowest BCUT2D eigenvalue weighted by Crippen LogP contribution is -2.36. The van der Waals surface area contributed by atoms with Crippen molar-refractivity contribution in [3.8, 4) is 0 Å². The van der Waals surface area contributed by atoms with Crippen molar-refractivity contribution >= 4 is 31.5 Å². The first-order valence-corrected chi connectivity index (χ1v) is 13.8. The van der Waals surface area contributed by atoms with Gasteiger partial charge in [-0.05, 0) is 54.3 Å². The number of sulfone groups is 1. The van der Waals surface area contributed by atoms with Gasteiger partial charge in [-0.2, -0.15) is 4.31 Å². The van der Waals surface area contributed by atoms with Crippen molar-refractivity contribution < 1.29 is 21.6 Å². The predicted molar refractivity (Wildman–Crippen MR) is 122 cm³/mol. The van der Waals surface area contributed by atoms with Gasteiger partial charge in [0.1, 0.15) is 0 Å². The van der Waals surface area contributed by atoms with E-state index >= 15 is 0 Å². The number of carbonyl (C=O) groups excluding carboxylic acids is 1. The molecular formula is C22H28N2O5S2. The lowest BCUT2D eigenvalue weighted by atomic mass is 10.0. The number of aryl methyl sites for hydroxylation is 1. The third-order valence-electron chi connectivity index (χ3n) is 5.39. The minimum atomic E-state index is -3.56. The van der Waals surface area contributed by atoms with Gasteiger partial charge < -0.3 is 4.90 Å². The van der Waals surface area contributed by atoms with Crippen LogP contribution in [0, 0.1) is 0 Å². The topological polar surface area (TPSA) is 91.8 Å². The summed E-state index contributed by atoms with van der Waals surface area (Å²) in [6.07, 6.45) is 2.61. The fourth-order valence-electron chi connectivity index (χ4n) is 3.86. The van der Waals surface area contributed by atoms with E-state index in [0.29, 0.717) is 37.2 Å². The normalized spacial score (nSPS) is 14.5. The number of hydrogen-bond donors (Lipinski definition) is 0. The third kappa shape index (κ3) is 5.16. The summed E-state index contributed by atoms with van der Waals surface area (Å²) in [5.74, 6) is -0.260. The number of sulfonamides is 1. The molecule has 0 spiro atoms. The summed E-state index contributed by atoms with van der Waals surface area (Å²) in [7, 11) is -6.71. The van der Waals surface area contributed by atoms with E-state index in [9.17, 15) is 21.6 Å². The molecule has 2 aromatic rings. The molecule has 0 unspecified atom stereocenters. The third-order valence-corrected chi connectivity index (χ3v) is 8.29. The molecule has 0 bridgehead atoms. The highest BCUT2D eigenvalue weighted by Gasteiger charge is 2.27. The van der Waals surface area contributed by atoms with E-state index < -0.39 is 19.9 Å². The lowest BCUT2D eigenvalue weighted by Gasteiger charge is -2.30. The van der Waals surface area contributed by atoms with Crippen molar-refractivity contribution in [2.45, 2.75) is 37.3 Å². The van der Waals surface area contributed by atoms with Crippen molar-refractivity contribution in [1.29, 1.82) is 0 Å². The van der Waals surface area contributed by atoms with Gasteiger partial charge in [-0.25, -0.2) is 16.8 Å². The second kappa shape index (κ2) is 9.10. The second-order valence-electron chi connectivity index (χ2n) is 7.71. The molecule has 31 heavy (non-hydrogen) atoms. The second-order valence-corrected chi connectivity index (χ2v) is 11.8. The number of hydrogen-bond acceptors (Lipinski definition) is 5. The van der Waals surface area contributed by atoms with Crippen LogP contribution >= 0.6 is 0 Å². The largest absolute Gasteiger partial charge is 0.308 e. The van der Waals surface area contributed by atoms with Crippen LogP contribution in [0.3, 0.4) is 0 Å². The number of rotatable bonds is 7. The van der Waals surface area contributed by atoms with Crippen LogP contribution in [-0.2, 0) is 32.0 Å². The molecule has 0 radical (unpaired) electrons. The number of nitrogens with zero attached hydrogens (tertiary/aromatic N) is 2. The molecule has 0 aromatic heterocycles. The van der Waals surface area contributed by atoms with Gasteiger partial charge in [-0.3, -0.25) is 4.79 Å². The zero-order valence-corrected chi connectivity index (χ0v) is 19.7. The summed E-state index contributed by atoms with van der Waals surface area (Å²) in [5.41, 5.74) is 2.64. The standard InChI is InChI=1S/C22H28N2O5S2/c1-4-23(5-2)31(28,29)20-12-13-21-19(15-20)7-6-14-24(21)22(25)18-10-8-17(9-11-18)16-30(3,26)27/h8-13,15H,4-7,14,16H2,1-3H3. The Morgan fingerprint density at radius 1 is 1.00 bits per heavy atom. The molecule has 1 aliphatic heterocycles. The number of fused-ring (bicyclic) bond motifs is 1. The highest BCUT2D eigenvalue weighted by atomic mass is 32.2. The van der Waals surface area contributed by atoms with Gasteiger partial charge in [0.2, 0.25) is 10.0 Å². The molecule has 0 N–H and O–H groups in total. The summed E-state index contributed by atoms with van der Waals surface area (Å²) in [6.45, 7) is 4.95. The minimum absolute atomic E-state index is 0.0716. The maximum absolute atomic E-state index is 13.1. The van der Waals surface area contributed by atoms with Crippen LogP contribution in [0.5, 0.6) is 0 Å². The van der Waals surface area contributed by atoms with Crippen molar-refractivity contribution in [2.75, 3.05) is 30.8 Å². The molecule has 7 nitrogen and oxygen atoms in total. The Bertz CT molecular complexity index is 1170. The lowest BCUT2D eigenvalue weighted by molar-refractivity contribution is 0.0985. The highest BCUT2D eigenvalue weighted by molar-refractivity contribution is 7.90. The van der Waals surface area contributed by atoms with E-state index in [1.165, 1.54) is 10.6 Å². The van der Waals surface area contributed by atoms with Gasteiger partial charge in [0.05, 0.1) is 10.6 Å². The molecule has 0 saturated carbocycles. The molecule has 2 aromatic carbocycles. The van der Waals surface area contributed by atoms with Crippen molar-refractivity contribution in [3.63, 3.8) is 0 Å². The Morgan fingerprint density at radius 3 is 2.23 bits per heavy atom. The van der Waals surface area contributed by atoms with Gasteiger partial charge >= 0.3 is 0 Å². The first-order valence-electron chi connectivity index (χ1n) is 10.3. The maximum atomic E-state index is 13.1. The molecular weight excluding hydrogens is 436 g/mol. The van der Waals surface area contributed by atoms with Crippen LogP contribution in [0.15, 0.2) is 47.4 Å². The molecule has 0 saturated heterocycles. The molecule has 168 valence electrons. The van der Waals surface area contributed by atoms with E-state index in [4.69, 9.17) is 0 Å². The molecule has 9 heteroatoms. The first kappa shape index (κ1) is 23.4. The van der Waals surface area contributed by atoms with Crippen molar-refractivity contribution in [2.24, 2.45) is 0 Å². The van der Waals surface area contributed by atoms with Crippen molar-refractivity contribution in [3.05, 3.63) is 59.2 Å². The quantitative estimate of drug-likeness (QED) is 0.628. The van der Waals surface area contributed by atoms with Gasteiger partial charge in [0.25, 0.3) is 5.91 Å². The fourth-order valence-corrected chi connectivity index (χ4v) is 6.17. The number of benzene rings is 2. The molecule has 1 aliphatic rings. The van der Waals surface area contributed by atoms with Gasteiger partial charge in [0.15, 0.2) is 9.84 Å². The smallest absolute Gasteiger partial charge is 0.258 e. The van der Waals surface area contributed by atoms with Gasteiger partial charge in [-0.1, -0.05) is 26.0 Å². The van der Waals surface area contributed by atoms with E-state index in [-0.39, 0.29) is 16.6 Å².